The van der Waals surface area contributed by atoms with Gasteiger partial charge in [-0.3, -0.25) is 4.79 Å². The van der Waals surface area contributed by atoms with E-state index in [1.54, 1.807) is 18.2 Å². The summed E-state index contributed by atoms with van der Waals surface area (Å²) in [5.41, 5.74) is 1.79. The van der Waals surface area contributed by atoms with Crippen molar-refractivity contribution in [3.63, 3.8) is 0 Å². The number of aryl methyl sites for hydroxylation is 2. The van der Waals surface area contributed by atoms with Gasteiger partial charge in [0.05, 0.1) is 15.5 Å². The molecule has 8 heteroatoms. The normalized spacial score (nSPS) is 15.6. The fourth-order valence-electron chi connectivity index (χ4n) is 3.23. The Morgan fingerprint density at radius 2 is 1.82 bits per heavy atom. The van der Waals surface area contributed by atoms with Gasteiger partial charge >= 0.3 is 0 Å². The maximum atomic E-state index is 14.0. The van der Waals surface area contributed by atoms with Gasteiger partial charge in [-0.05, 0) is 62.1 Å². The average molecular weight is 425 g/mol. The molecule has 28 heavy (non-hydrogen) atoms. The Bertz CT molecular complexity index is 982. The number of benzene rings is 2. The van der Waals surface area contributed by atoms with Gasteiger partial charge in [0.25, 0.3) is 5.91 Å². The van der Waals surface area contributed by atoms with Gasteiger partial charge in [-0.25, -0.2) is 17.5 Å². The number of carbonyl (C=O) groups is 1. The highest BCUT2D eigenvalue weighted by Gasteiger charge is 2.29. The topological polar surface area (TPSA) is 66.5 Å². The zero-order valence-electron chi connectivity index (χ0n) is 15.7. The first-order valence-electron chi connectivity index (χ1n) is 9.02. The molecule has 0 aromatic heterocycles. The van der Waals surface area contributed by atoms with Gasteiger partial charge in [-0.15, -0.1) is 0 Å². The fraction of sp³-hybridized carbons (Fsp3) is 0.350. The van der Waals surface area contributed by atoms with E-state index in [-0.39, 0.29) is 21.5 Å². The van der Waals surface area contributed by atoms with Crippen molar-refractivity contribution in [3.05, 3.63) is 63.9 Å². The summed E-state index contributed by atoms with van der Waals surface area (Å²) in [6.45, 7) is 4.44. The highest BCUT2D eigenvalue weighted by atomic mass is 35.5. The molecule has 0 atom stereocenters. The molecular formula is C20H22ClFN2O3S. The predicted octanol–water partition coefficient (Wildman–Crippen LogP) is 3.68. The molecule has 1 heterocycles. The van der Waals surface area contributed by atoms with Crippen LogP contribution in [-0.2, 0) is 10.0 Å². The number of hydrogen-bond donors (Lipinski definition) is 1. The van der Waals surface area contributed by atoms with E-state index in [1.165, 1.54) is 23.1 Å². The van der Waals surface area contributed by atoms with Gasteiger partial charge in [0, 0.05) is 19.1 Å². The summed E-state index contributed by atoms with van der Waals surface area (Å²) in [6, 6.07) is 8.85. The average Bonchev–Trinajstić information content (AvgIpc) is 2.64. The molecule has 2 aromatic carbocycles. The zero-order chi connectivity index (χ0) is 20.5. The van der Waals surface area contributed by atoms with Crippen molar-refractivity contribution < 1.29 is 17.6 Å². The first kappa shape index (κ1) is 20.8. The minimum Gasteiger partial charge on any atom is -0.338 e. The van der Waals surface area contributed by atoms with Crippen LogP contribution in [0.5, 0.6) is 0 Å². The number of carbonyl (C=O) groups excluding carboxylic acids is 1. The smallest absolute Gasteiger partial charge is 0.258 e. The van der Waals surface area contributed by atoms with Gasteiger partial charge in [0.15, 0.2) is 0 Å². The molecular weight excluding hydrogens is 403 g/mol. The maximum Gasteiger partial charge on any atom is 0.258 e. The first-order chi connectivity index (χ1) is 13.2. The van der Waals surface area contributed by atoms with Gasteiger partial charge in [0.2, 0.25) is 10.0 Å². The number of piperidine rings is 1. The van der Waals surface area contributed by atoms with Crippen molar-refractivity contribution in [1.29, 1.82) is 0 Å². The first-order valence-corrected chi connectivity index (χ1v) is 10.9. The number of rotatable bonds is 4. The van der Waals surface area contributed by atoms with Crippen LogP contribution in [0.25, 0.3) is 0 Å². The quantitative estimate of drug-likeness (QED) is 0.814. The summed E-state index contributed by atoms with van der Waals surface area (Å²) >= 11 is 5.97. The lowest BCUT2D eigenvalue weighted by molar-refractivity contribution is 0.0707. The van der Waals surface area contributed by atoms with E-state index in [9.17, 15) is 17.6 Å². The van der Waals surface area contributed by atoms with Crippen molar-refractivity contribution >= 4 is 27.5 Å². The second-order valence-electron chi connectivity index (χ2n) is 7.03. The summed E-state index contributed by atoms with van der Waals surface area (Å²) in [5, 5.41) is 0.0718. The lowest BCUT2D eigenvalue weighted by Crippen LogP contribution is -2.46. The van der Waals surface area contributed by atoms with Crippen LogP contribution in [0.4, 0.5) is 4.39 Å². The van der Waals surface area contributed by atoms with Gasteiger partial charge in [-0.1, -0.05) is 23.7 Å². The number of nitrogens with one attached hydrogen (secondary N) is 1. The van der Waals surface area contributed by atoms with Crippen molar-refractivity contribution in [2.45, 2.75) is 37.6 Å². The molecule has 150 valence electrons. The summed E-state index contributed by atoms with van der Waals surface area (Å²) in [7, 11) is -3.64. The highest BCUT2D eigenvalue weighted by molar-refractivity contribution is 7.89. The molecule has 0 saturated carbocycles. The monoisotopic (exact) mass is 424 g/mol. The van der Waals surface area contributed by atoms with Gasteiger partial charge in [0.1, 0.15) is 5.82 Å². The molecule has 1 fully saturated rings. The van der Waals surface area contributed by atoms with Crippen molar-refractivity contribution in [2.24, 2.45) is 0 Å². The third-order valence-electron chi connectivity index (χ3n) is 5.07. The summed E-state index contributed by atoms with van der Waals surface area (Å²) in [4.78, 5) is 14.3. The lowest BCUT2D eigenvalue weighted by Gasteiger charge is -2.32. The number of likely N-dealkylation sites (tertiary alicyclic amines) is 1. The predicted molar refractivity (Wildman–Crippen MR) is 107 cm³/mol. The molecule has 0 aliphatic carbocycles. The summed E-state index contributed by atoms with van der Waals surface area (Å²) < 4.78 is 42.0. The Kier molecular flexibility index (Phi) is 6.07. The fourth-order valence-corrected chi connectivity index (χ4v) is 4.86. The Morgan fingerprint density at radius 3 is 2.43 bits per heavy atom. The molecule has 0 radical (unpaired) electrons. The molecule has 0 bridgehead atoms. The van der Waals surface area contributed by atoms with E-state index < -0.39 is 21.7 Å². The largest absolute Gasteiger partial charge is 0.338 e. The van der Waals surface area contributed by atoms with E-state index in [2.05, 4.69) is 4.72 Å². The van der Waals surface area contributed by atoms with Crippen LogP contribution in [-0.4, -0.2) is 38.4 Å². The van der Waals surface area contributed by atoms with Crippen LogP contribution < -0.4 is 4.72 Å². The minimum atomic E-state index is -3.64. The third kappa shape index (κ3) is 4.37. The van der Waals surface area contributed by atoms with Crippen molar-refractivity contribution in [3.8, 4) is 0 Å². The second kappa shape index (κ2) is 8.19. The molecule has 1 saturated heterocycles. The molecule has 0 unspecified atom stereocenters. The second-order valence-corrected chi connectivity index (χ2v) is 9.15. The molecule has 1 aliphatic heterocycles. The third-order valence-corrected chi connectivity index (χ3v) is 6.90. The maximum absolute atomic E-state index is 14.0. The molecule has 5 nitrogen and oxygen atoms in total. The summed E-state index contributed by atoms with van der Waals surface area (Å²) in [5.74, 6) is -1.13. The highest BCUT2D eigenvalue weighted by Crippen LogP contribution is 2.23. The Hall–Kier alpha value is -1.96. The van der Waals surface area contributed by atoms with Crippen LogP contribution in [0.3, 0.4) is 0 Å². The van der Waals surface area contributed by atoms with Gasteiger partial charge in [-0.2, -0.15) is 0 Å². The number of sulfonamides is 1. The molecule has 3 rings (SSSR count). The number of nitrogens with zero attached hydrogens (tertiary/aromatic N) is 1. The van der Waals surface area contributed by atoms with Crippen molar-refractivity contribution in [1.82, 2.24) is 9.62 Å². The SMILES string of the molecule is Cc1ccc(S(=O)(=O)NC2CCN(C(=O)c3c(F)cccc3Cl)CC2)cc1C. The Balaban J connectivity index is 1.65. The molecule has 1 aliphatic rings. The molecule has 2 aromatic rings. The van der Waals surface area contributed by atoms with E-state index in [1.807, 2.05) is 13.8 Å². The van der Waals surface area contributed by atoms with Crippen LogP contribution in [0, 0.1) is 19.7 Å². The minimum absolute atomic E-state index is 0.0718. The van der Waals surface area contributed by atoms with E-state index in [4.69, 9.17) is 11.6 Å². The van der Waals surface area contributed by atoms with Crippen LogP contribution in [0.2, 0.25) is 5.02 Å². The number of halogens is 2. The Labute approximate surface area is 169 Å². The Morgan fingerprint density at radius 1 is 1.14 bits per heavy atom. The van der Waals surface area contributed by atoms with Crippen LogP contribution in [0.1, 0.15) is 34.3 Å². The van der Waals surface area contributed by atoms with Crippen LogP contribution >= 0.6 is 11.6 Å². The summed E-state index contributed by atoms with van der Waals surface area (Å²) in [6.07, 6.45) is 0.893. The standard InChI is InChI=1S/C20H22ClFN2O3S/c1-13-6-7-16(12-14(13)2)28(26,27)23-15-8-10-24(11-9-15)20(25)19-17(21)4-3-5-18(19)22/h3-7,12,15,23H,8-11H2,1-2H3. The van der Waals surface area contributed by atoms with Crippen LogP contribution in [0.15, 0.2) is 41.3 Å². The van der Waals surface area contributed by atoms with Gasteiger partial charge < -0.3 is 4.90 Å². The molecule has 1 N–H and O–H groups in total. The molecule has 0 spiro atoms. The lowest BCUT2D eigenvalue weighted by atomic mass is 10.0. The molecule has 1 amide bonds. The number of hydrogen-bond acceptors (Lipinski definition) is 3. The van der Waals surface area contributed by atoms with E-state index >= 15 is 0 Å². The number of amides is 1. The van der Waals surface area contributed by atoms with E-state index in [0.717, 1.165) is 11.1 Å². The van der Waals surface area contributed by atoms with Crippen molar-refractivity contribution in [2.75, 3.05) is 13.1 Å². The van der Waals surface area contributed by atoms with E-state index in [0.29, 0.717) is 25.9 Å². The zero-order valence-corrected chi connectivity index (χ0v) is 17.3.